The molecule has 0 unspecified atom stereocenters. The molecule has 0 fully saturated rings. The maximum Gasteiger partial charge on any atom is 0.416 e. The van der Waals surface area contributed by atoms with Gasteiger partial charge >= 0.3 is 6.18 Å². The van der Waals surface area contributed by atoms with Crippen LogP contribution in [0.5, 0.6) is 11.6 Å². The molecule has 0 spiro atoms. The Kier molecular flexibility index (Phi) is 3.21. The first-order valence-electron chi connectivity index (χ1n) is 6.09. The summed E-state index contributed by atoms with van der Waals surface area (Å²) in [6.07, 6.45) is -2.77. The number of aromatic nitrogens is 2. The number of halogens is 3. The Bertz CT molecular complexity index is 764. The minimum Gasteiger partial charge on any atom is -0.437 e. The number of hydrogen-bond donors (Lipinski definition) is 0. The molecule has 0 aliphatic carbocycles. The van der Waals surface area contributed by atoms with E-state index in [9.17, 15) is 13.2 Å². The Hall–Kier alpha value is -2.63. The molecule has 0 saturated heterocycles. The van der Waals surface area contributed by atoms with Crippen molar-refractivity contribution in [3.63, 3.8) is 0 Å². The lowest BCUT2D eigenvalue weighted by Crippen LogP contribution is -2.04. The van der Waals surface area contributed by atoms with Gasteiger partial charge in [-0.05, 0) is 30.3 Å². The van der Waals surface area contributed by atoms with Crippen molar-refractivity contribution in [2.24, 2.45) is 0 Å². The molecule has 0 amide bonds. The van der Waals surface area contributed by atoms with Crippen molar-refractivity contribution in [3.8, 4) is 11.6 Å². The van der Waals surface area contributed by atoms with Crippen molar-refractivity contribution < 1.29 is 17.9 Å². The number of hydrogen-bond acceptors (Lipinski definition) is 3. The molecule has 0 N–H and O–H groups in total. The zero-order valence-corrected chi connectivity index (χ0v) is 10.6. The van der Waals surface area contributed by atoms with Crippen molar-refractivity contribution in [1.82, 2.24) is 10.2 Å². The summed E-state index contributed by atoms with van der Waals surface area (Å²) in [4.78, 5) is 0. The van der Waals surface area contributed by atoms with Gasteiger partial charge in [-0.2, -0.15) is 18.3 Å². The third-order valence-corrected chi connectivity index (χ3v) is 2.93. The maximum absolute atomic E-state index is 12.5. The van der Waals surface area contributed by atoms with E-state index >= 15 is 0 Å². The van der Waals surface area contributed by atoms with Crippen LogP contribution in [0.3, 0.4) is 0 Å². The van der Waals surface area contributed by atoms with Crippen LogP contribution in [0.4, 0.5) is 13.2 Å². The van der Waals surface area contributed by atoms with Crippen LogP contribution in [-0.2, 0) is 6.18 Å². The second-order valence-electron chi connectivity index (χ2n) is 4.36. The highest BCUT2D eigenvalue weighted by molar-refractivity contribution is 5.85. The SMILES string of the molecule is FC(F)(F)c1ccc(Oc2nncc3ccccc23)cc1. The zero-order chi connectivity index (χ0) is 14.9. The van der Waals surface area contributed by atoms with Gasteiger partial charge in [-0.3, -0.25) is 0 Å². The van der Waals surface area contributed by atoms with Gasteiger partial charge in [-0.15, -0.1) is 5.10 Å². The topological polar surface area (TPSA) is 35.0 Å². The molecule has 2 aromatic carbocycles. The van der Waals surface area contributed by atoms with Gasteiger partial charge in [0.1, 0.15) is 5.75 Å². The van der Waals surface area contributed by atoms with E-state index in [0.29, 0.717) is 0 Å². The van der Waals surface area contributed by atoms with Crippen LogP contribution in [-0.4, -0.2) is 10.2 Å². The highest BCUT2D eigenvalue weighted by atomic mass is 19.4. The first-order chi connectivity index (χ1) is 10.0. The van der Waals surface area contributed by atoms with Gasteiger partial charge < -0.3 is 4.74 Å². The molecule has 0 atom stereocenters. The first-order valence-corrected chi connectivity index (χ1v) is 6.09. The molecule has 1 aromatic heterocycles. The molecule has 3 aromatic rings. The average Bonchev–Trinajstić information content (AvgIpc) is 2.47. The van der Waals surface area contributed by atoms with E-state index in [4.69, 9.17) is 4.74 Å². The number of alkyl halides is 3. The molecule has 0 bridgehead atoms. The molecule has 0 radical (unpaired) electrons. The van der Waals surface area contributed by atoms with Gasteiger partial charge in [0.15, 0.2) is 0 Å². The summed E-state index contributed by atoms with van der Waals surface area (Å²) >= 11 is 0. The molecule has 0 aliphatic heterocycles. The summed E-state index contributed by atoms with van der Waals surface area (Å²) in [6, 6.07) is 11.8. The fourth-order valence-electron chi connectivity index (χ4n) is 1.90. The minimum atomic E-state index is -4.36. The van der Waals surface area contributed by atoms with E-state index in [1.165, 1.54) is 12.1 Å². The van der Waals surface area contributed by atoms with Crippen LogP contribution < -0.4 is 4.74 Å². The Morgan fingerprint density at radius 1 is 0.905 bits per heavy atom. The van der Waals surface area contributed by atoms with Crippen LogP contribution in [0.15, 0.2) is 54.7 Å². The number of fused-ring (bicyclic) bond motifs is 1. The summed E-state index contributed by atoms with van der Waals surface area (Å²) < 4.78 is 43.0. The second-order valence-corrected chi connectivity index (χ2v) is 4.36. The highest BCUT2D eigenvalue weighted by Crippen LogP contribution is 2.32. The van der Waals surface area contributed by atoms with Crippen LogP contribution in [0.2, 0.25) is 0 Å². The van der Waals surface area contributed by atoms with Crippen molar-refractivity contribution in [2.45, 2.75) is 6.18 Å². The van der Waals surface area contributed by atoms with E-state index in [0.717, 1.165) is 22.9 Å². The molecule has 0 saturated carbocycles. The van der Waals surface area contributed by atoms with Crippen molar-refractivity contribution >= 4 is 10.8 Å². The number of benzene rings is 2. The number of ether oxygens (including phenoxy) is 1. The van der Waals surface area contributed by atoms with Gasteiger partial charge in [0.2, 0.25) is 5.88 Å². The smallest absolute Gasteiger partial charge is 0.416 e. The van der Waals surface area contributed by atoms with Crippen molar-refractivity contribution in [1.29, 1.82) is 0 Å². The molecule has 0 aliphatic rings. The van der Waals surface area contributed by atoms with E-state index in [-0.39, 0.29) is 11.6 Å². The van der Waals surface area contributed by atoms with E-state index in [1.54, 1.807) is 6.20 Å². The summed E-state index contributed by atoms with van der Waals surface area (Å²) in [7, 11) is 0. The predicted molar refractivity (Wildman–Crippen MR) is 71.1 cm³/mol. The Labute approximate surface area is 118 Å². The quantitative estimate of drug-likeness (QED) is 0.699. The van der Waals surface area contributed by atoms with Gasteiger partial charge in [0, 0.05) is 10.8 Å². The van der Waals surface area contributed by atoms with Crippen molar-refractivity contribution in [2.75, 3.05) is 0 Å². The third kappa shape index (κ3) is 2.79. The van der Waals surface area contributed by atoms with Crippen LogP contribution in [0, 0.1) is 0 Å². The fourth-order valence-corrected chi connectivity index (χ4v) is 1.90. The zero-order valence-electron chi connectivity index (χ0n) is 10.6. The van der Waals surface area contributed by atoms with Gasteiger partial charge in [0.25, 0.3) is 0 Å². The Balaban J connectivity index is 1.92. The lowest BCUT2D eigenvalue weighted by atomic mass is 10.2. The molecule has 21 heavy (non-hydrogen) atoms. The number of nitrogens with zero attached hydrogens (tertiary/aromatic N) is 2. The summed E-state index contributed by atoms with van der Waals surface area (Å²) in [6.45, 7) is 0. The summed E-state index contributed by atoms with van der Waals surface area (Å²) in [5, 5.41) is 9.27. The standard InChI is InChI=1S/C15H9F3N2O/c16-15(17,18)11-5-7-12(8-6-11)21-14-13-4-2-1-3-10(13)9-19-20-14/h1-9H. The molecular formula is C15H9F3N2O. The Morgan fingerprint density at radius 2 is 1.62 bits per heavy atom. The van der Waals surface area contributed by atoms with E-state index in [1.807, 2.05) is 24.3 Å². The monoisotopic (exact) mass is 290 g/mol. The summed E-state index contributed by atoms with van der Waals surface area (Å²) in [5.74, 6) is 0.529. The third-order valence-electron chi connectivity index (χ3n) is 2.93. The average molecular weight is 290 g/mol. The van der Waals surface area contributed by atoms with E-state index in [2.05, 4.69) is 10.2 Å². The lowest BCUT2D eigenvalue weighted by Gasteiger charge is -2.09. The number of rotatable bonds is 2. The molecule has 106 valence electrons. The maximum atomic E-state index is 12.5. The molecule has 6 heteroatoms. The van der Waals surface area contributed by atoms with Crippen LogP contribution in [0.1, 0.15) is 5.56 Å². The highest BCUT2D eigenvalue weighted by Gasteiger charge is 2.30. The van der Waals surface area contributed by atoms with Crippen LogP contribution in [0.25, 0.3) is 10.8 Å². The first kappa shape index (κ1) is 13.4. The molecule has 3 nitrogen and oxygen atoms in total. The lowest BCUT2D eigenvalue weighted by molar-refractivity contribution is -0.137. The second kappa shape index (κ2) is 5.05. The normalized spacial score (nSPS) is 11.6. The van der Waals surface area contributed by atoms with Crippen molar-refractivity contribution in [3.05, 3.63) is 60.3 Å². The minimum absolute atomic E-state index is 0.257. The van der Waals surface area contributed by atoms with E-state index < -0.39 is 11.7 Å². The van der Waals surface area contributed by atoms with Gasteiger partial charge in [0.05, 0.1) is 11.8 Å². The van der Waals surface area contributed by atoms with Crippen LogP contribution >= 0.6 is 0 Å². The van der Waals surface area contributed by atoms with Gasteiger partial charge in [-0.25, -0.2) is 0 Å². The molecule has 1 heterocycles. The predicted octanol–water partition coefficient (Wildman–Crippen LogP) is 4.44. The fraction of sp³-hybridized carbons (Fsp3) is 0.0667. The molecular weight excluding hydrogens is 281 g/mol. The van der Waals surface area contributed by atoms with Gasteiger partial charge in [-0.1, -0.05) is 18.2 Å². The largest absolute Gasteiger partial charge is 0.437 e. The molecule has 3 rings (SSSR count). The summed E-state index contributed by atoms with van der Waals surface area (Å²) in [5.41, 5.74) is -0.723. The Morgan fingerprint density at radius 3 is 2.33 bits per heavy atom.